The Morgan fingerprint density at radius 3 is 2.52 bits per heavy atom. The lowest BCUT2D eigenvalue weighted by atomic mass is 10.1. The maximum absolute atomic E-state index is 13.1. The molecule has 3 N–H and O–H groups in total. The van der Waals surface area contributed by atoms with Crippen LogP contribution in [-0.2, 0) is 13.2 Å². The molecule has 0 aliphatic heterocycles. The first-order chi connectivity index (χ1) is 20.4. The number of aryl methyl sites for hydroxylation is 1. The Kier molecular flexibility index (Phi) is 8.74. The molecule has 5 aromatic rings. The summed E-state index contributed by atoms with van der Waals surface area (Å²) in [4.78, 5) is 32.8. The Bertz CT molecular complexity index is 1710. The normalized spacial score (nSPS) is 10.9. The van der Waals surface area contributed by atoms with E-state index in [2.05, 4.69) is 40.8 Å². The molecule has 3 aromatic heterocycles. The number of nitrogens with one attached hydrogen (secondary N) is 3. The summed E-state index contributed by atoms with van der Waals surface area (Å²) in [7, 11) is 4.04. The van der Waals surface area contributed by atoms with E-state index in [9.17, 15) is 9.18 Å². The van der Waals surface area contributed by atoms with Gasteiger partial charge < -0.3 is 20.9 Å². The predicted octanol–water partition coefficient (Wildman–Crippen LogP) is 6.51. The van der Waals surface area contributed by atoms with E-state index in [1.54, 1.807) is 36.7 Å². The smallest absolute Gasteiger partial charge is 0.255 e. The van der Waals surface area contributed by atoms with Gasteiger partial charge in [-0.3, -0.25) is 4.79 Å². The fourth-order valence-corrected chi connectivity index (χ4v) is 4.38. The first-order valence-corrected chi connectivity index (χ1v) is 13.4. The van der Waals surface area contributed by atoms with E-state index < -0.39 is 6.67 Å². The highest BCUT2D eigenvalue weighted by atomic mass is 19.1. The molecule has 212 valence electrons. The quantitative estimate of drug-likeness (QED) is 0.177. The minimum absolute atomic E-state index is 0.318. The molecule has 0 fully saturated rings. The van der Waals surface area contributed by atoms with Crippen molar-refractivity contribution >= 4 is 34.7 Å². The van der Waals surface area contributed by atoms with Gasteiger partial charge >= 0.3 is 0 Å². The maximum Gasteiger partial charge on any atom is 0.255 e. The SMILES string of the molecule is Cc1ccc(NC(=O)c2cccc(CF)c2)cc1Nc1ncccc1-c1cc(Nc2cc(CN(C)C)ccn2)ncn1. The van der Waals surface area contributed by atoms with E-state index in [1.165, 1.54) is 6.33 Å². The lowest BCUT2D eigenvalue weighted by molar-refractivity contribution is 0.102. The lowest BCUT2D eigenvalue weighted by Gasteiger charge is -2.15. The van der Waals surface area contributed by atoms with Gasteiger partial charge in [-0.05, 0) is 86.2 Å². The Labute approximate surface area is 243 Å². The van der Waals surface area contributed by atoms with Gasteiger partial charge in [0.05, 0.1) is 5.69 Å². The third-order valence-corrected chi connectivity index (χ3v) is 6.42. The molecule has 0 aliphatic rings. The van der Waals surface area contributed by atoms with E-state index in [0.29, 0.717) is 40.0 Å². The van der Waals surface area contributed by atoms with Gasteiger partial charge in [-0.15, -0.1) is 0 Å². The van der Waals surface area contributed by atoms with Gasteiger partial charge in [0, 0.05) is 47.5 Å². The molecule has 0 atom stereocenters. The van der Waals surface area contributed by atoms with Crippen LogP contribution < -0.4 is 16.0 Å². The van der Waals surface area contributed by atoms with Crippen LogP contribution in [0.15, 0.2) is 91.5 Å². The number of halogens is 1. The van der Waals surface area contributed by atoms with E-state index in [1.807, 2.05) is 69.6 Å². The third-order valence-electron chi connectivity index (χ3n) is 6.42. The molecular formula is C32H31FN8O. The van der Waals surface area contributed by atoms with E-state index >= 15 is 0 Å². The molecule has 2 aromatic carbocycles. The van der Waals surface area contributed by atoms with Crippen molar-refractivity contribution in [3.05, 3.63) is 114 Å². The van der Waals surface area contributed by atoms with Gasteiger partial charge in [-0.25, -0.2) is 24.3 Å². The number of anilines is 5. The molecule has 0 bridgehead atoms. The fraction of sp³-hybridized carbons (Fsp3) is 0.156. The highest BCUT2D eigenvalue weighted by molar-refractivity contribution is 6.04. The largest absolute Gasteiger partial charge is 0.339 e. The van der Waals surface area contributed by atoms with Crippen molar-refractivity contribution in [2.24, 2.45) is 0 Å². The van der Waals surface area contributed by atoms with Crippen LogP contribution in [0.2, 0.25) is 0 Å². The van der Waals surface area contributed by atoms with Crippen LogP contribution in [-0.4, -0.2) is 44.8 Å². The molecule has 0 radical (unpaired) electrons. The number of nitrogens with zero attached hydrogens (tertiary/aromatic N) is 5. The second-order valence-electron chi connectivity index (χ2n) is 10.0. The predicted molar refractivity (Wildman–Crippen MR) is 164 cm³/mol. The molecule has 1 amide bonds. The highest BCUT2D eigenvalue weighted by Gasteiger charge is 2.13. The number of carbonyl (C=O) groups excluding carboxylic acids is 1. The number of alkyl halides is 1. The standard InChI is InChI=1S/C32H31FN8O/c1-21-9-10-25(38-32(42)24-7-4-6-22(14-24)18-33)16-27(21)39-31-26(8-5-12-35-31)28-17-30(37-20-36-28)40-29-15-23(11-13-34-29)19-41(2)3/h4-17,20H,18-19H2,1-3H3,(H,35,39)(H,38,42)(H,34,36,37,40). The summed E-state index contributed by atoms with van der Waals surface area (Å²) in [6.45, 7) is 2.13. The molecule has 5 rings (SSSR count). The molecule has 10 heteroatoms. The van der Waals surface area contributed by atoms with E-state index in [-0.39, 0.29) is 5.91 Å². The van der Waals surface area contributed by atoms with Crippen molar-refractivity contribution in [2.75, 3.05) is 30.0 Å². The summed E-state index contributed by atoms with van der Waals surface area (Å²) in [6, 6.07) is 21.7. The van der Waals surface area contributed by atoms with Crippen LogP contribution in [0.1, 0.15) is 27.0 Å². The summed E-state index contributed by atoms with van der Waals surface area (Å²) in [6.07, 6.45) is 4.97. The Hall–Kier alpha value is -5.22. The number of benzene rings is 2. The van der Waals surface area contributed by atoms with Crippen molar-refractivity contribution in [2.45, 2.75) is 20.1 Å². The van der Waals surface area contributed by atoms with Crippen molar-refractivity contribution in [3.8, 4) is 11.3 Å². The number of amides is 1. The van der Waals surface area contributed by atoms with Crippen LogP contribution in [0, 0.1) is 6.92 Å². The van der Waals surface area contributed by atoms with Crippen LogP contribution in [0.25, 0.3) is 11.3 Å². The first-order valence-electron chi connectivity index (χ1n) is 13.4. The van der Waals surface area contributed by atoms with Gasteiger partial charge in [0.15, 0.2) is 0 Å². The summed E-state index contributed by atoms with van der Waals surface area (Å²) >= 11 is 0. The molecule has 0 saturated carbocycles. The maximum atomic E-state index is 13.1. The molecule has 42 heavy (non-hydrogen) atoms. The monoisotopic (exact) mass is 562 g/mol. The van der Waals surface area contributed by atoms with E-state index in [4.69, 9.17) is 0 Å². The number of hydrogen-bond acceptors (Lipinski definition) is 8. The third kappa shape index (κ3) is 7.10. The minimum atomic E-state index is -0.628. The van der Waals surface area contributed by atoms with Gasteiger partial charge in [-0.2, -0.15) is 0 Å². The highest BCUT2D eigenvalue weighted by Crippen LogP contribution is 2.31. The summed E-state index contributed by atoms with van der Waals surface area (Å²) < 4.78 is 13.1. The van der Waals surface area contributed by atoms with Gasteiger partial charge in [0.25, 0.3) is 5.91 Å². The average Bonchev–Trinajstić information content (AvgIpc) is 2.99. The minimum Gasteiger partial charge on any atom is -0.339 e. The van der Waals surface area contributed by atoms with Gasteiger partial charge in [-0.1, -0.05) is 18.2 Å². The zero-order valence-electron chi connectivity index (χ0n) is 23.6. The number of pyridine rings is 2. The lowest BCUT2D eigenvalue weighted by Crippen LogP contribution is -2.12. The average molecular weight is 563 g/mol. The summed E-state index contributed by atoms with van der Waals surface area (Å²) in [5.41, 5.74) is 5.73. The topological polar surface area (TPSA) is 108 Å². The molecule has 0 aliphatic carbocycles. The Morgan fingerprint density at radius 2 is 1.69 bits per heavy atom. The number of carbonyl (C=O) groups is 1. The van der Waals surface area contributed by atoms with Gasteiger partial charge in [0.2, 0.25) is 0 Å². The molecule has 0 unspecified atom stereocenters. The van der Waals surface area contributed by atoms with Crippen molar-refractivity contribution in [1.29, 1.82) is 0 Å². The first kappa shape index (κ1) is 28.3. The molecule has 0 saturated heterocycles. The second-order valence-corrected chi connectivity index (χ2v) is 10.0. The van der Waals surface area contributed by atoms with Crippen LogP contribution in [0.3, 0.4) is 0 Å². The number of rotatable bonds is 10. The zero-order valence-corrected chi connectivity index (χ0v) is 23.6. The number of hydrogen-bond donors (Lipinski definition) is 3. The molecular weight excluding hydrogens is 531 g/mol. The fourth-order valence-electron chi connectivity index (χ4n) is 4.38. The summed E-state index contributed by atoms with van der Waals surface area (Å²) in [5, 5.41) is 9.56. The Balaban J connectivity index is 1.36. The van der Waals surface area contributed by atoms with Crippen LogP contribution in [0.4, 0.5) is 33.2 Å². The van der Waals surface area contributed by atoms with Crippen LogP contribution in [0.5, 0.6) is 0 Å². The Morgan fingerprint density at radius 1 is 0.833 bits per heavy atom. The van der Waals surface area contributed by atoms with Crippen molar-refractivity contribution in [1.82, 2.24) is 24.8 Å². The van der Waals surface area contributed by atoms with E-state index in [0.717, 1.165) is 28.9 Å². The zero-order chi connectivity index (χ0) is 29.5. The van der Waals surface area contributed by atoms with Crippen LogP contribution >= 0.6 is 0 Å². The number of aromatic nitrogens is 4. The van der Waals surface area contributed by atoms with Crippen molar-refractivity contribution in [3.63, 3.8) is 0 Å². The van der Waals surface area contributed by atoms with Crippen molar-refractivity contribution < 1.29 is 9.18 Å². The summed E-state index contributed by atoms with van der Waals surface area (Å²) in [5.74, 6) is 1.56. The van der Waals surface area contributed by atoms with Gasteiger partial charge in [0.1, 0.15) is 30.5 Å². The second kappa shape index (κ2) is 13.0. The molecule has 3 heterocycles. The molecule has 0 spiro atoms. The molecule has 9 nitrogen and oxygen atoms in total.